The number of aromatic nitrogens is 2. The van der Waals surface area contributed by atoms with Gasteiger partial charge in [-0.2, -0.15) is 0 Å². The summed E-state index contributed by atoms with van der Waals surface area (Å²) in [7, 11) is 0. The number of nitrogens with one attached hydrogen (secondary N) is 2. The smallest absolute Gasteiger partial charge is 0.277 e. The normalized spacial score (nSPS) is 10.3. The standard InChI is InChI=1S/C19H18N4O4S/c1-13-6-5-9-15(10-13)26-11-17-21-23-19(27-17)28-12-16(24)20-22-18(25)14-7-3-2-4-8-14/h2-10H,11-12H2,1H3,(H,20,24)(H,22,25). The molecule has 1 aromatic heterocycles. The van der Waals surface area contributed by atoms with E-state index in [0.717, 1.165) is 17.3 Å². The second-order valence-corrected chi connectivity index (χ2v) is 6.65. The summed E-state index contributed by atoms with van der Waals surface area (Å²) in [5.41, 5.74) is 6.22. The third-order valence-corrected chi connectivity index (χ3v) is 4.30. The summed E-state index contributed by atoms with van der Waals surface area (Å²) >= 11 is 1.06. The number of carbonyl (C=O) groups excluding carboxylic acids is 2. The Hall–Kier alpha value is -3.33. The van der Waals surface area contributed by atoms with Crippen LogP contribution in [0.2, 0.25) is 0 Å². The summed E-state index contributed by atoms with van der Waals surface area (Å²) in [6, 6.07) is 16.2. The van der Waals surface area contributed by atoms with Gasteiger partial charge in [-0.25, -0.2) is 0 Å². The van der Waals surface area contributed by atoms with Crippen LogP contribution in [0, 0.1) is 6.92 Å². The average Bonchev–Trinajstić information content (AvgIpc) is 3.17. The summed E-state index contributed by atoms with van der Waals surface area (Å²) < 4.78 is 11.0. The van der Waals surface area contributed by atoms with Gasteiger partial charge in [0.15, 0.2) is 6.61 Å². The Bertz CT molecular complexity index is 946. The predicted octanol–water partition coefficient (Wildman–Crippen LogP) is 2.51. The lowest BCUT2D eigenvalue weighted by molar-refractivity contribution is -0.119. The summed E-state index contributed by atoms with van der Waals surface area (Å²) in [5.74, 6) is 0.232. The van der Waals surface area contributed by atoms with Gasteiger partial charge in [0, 0.05) is 5.56 Å². The van der Waals surface area contributed by atoms with E-state index in [4.69, 9.17) is 9.15 Å². The monoisotopic (exact) mass is 398 g/mol. The fraction of sp³-hybridized carbons (Fsp3) is 0.158. The third-order valence-electron chi connectivity index (χ3n) is 3.48. The first-order valence-electron chi connectivity index (χ1n) is 8.39. The Morgan fingerprint density at radius 2 is 1.89 bits per heavy atom. The molecule has 0 unspecified atom stereocenters. The summed E-state index contributed by atoms with van der Waals surface area (Å²) in [4.78, 5) is 23.7. The maximum Gasteiger partial charge on any atom is 0.277 e. The number of amides is 2. The average molecular weight is 398 g/mol. The Kier molecular flexibility index (Phi) is 6.64. The minimum atomic E-state index is -0.398. The Morgan fingerprint density at radius 3 is 2.68 bits per heavy atom. The predicted molar refractivity (Wildman–Crippen MR) is 103 cm³/mol. The fourth-order valence-corrected chi connectivity index (χ4v) is 2.74. The molecular formula is C19H18N4O4S. The molecule has 9 heteroatoms. The van der Waals surface area contributed by atoms with Crippen molar-refractivity contribution >= 4 is 23.6 Å². The molecule has 2 aromatic carbocycles. The molecule has 0 fully saturated rings. The van der Waals surface area contributed by atoms with Crippen LogP contribution in [0.1, 0.15) is 21.8 Å². The highest BCUT2D eigenvalue weighted by Crippen LogP contribution is 2.18. The van der Waals surface area contributed by atoms with E-state index in [1.807, 2.05) is 31.2 Å². The second-order valence-electron chi connectivity index (χ2n) is 5.72. The number of thioether (sulfide) groups is 1. The summed E-state index contributed by atoms with van der Waals surface area (Å²) in [5, 5.41) is 7.98. The molecule has 3 rings (SSSR count). The number of nitrogens with zero attached hydrogens (tertiary/aromatic N) is 2. The van der Waals surface area contributed by atoms with Crippen molar-refractivity contribution in [2.75, 3.05) is 5.75 Å². The number of benzene rings is 2. The largest absolute Gasteiger partial charge is 0.484 e. The van der Waals surface area contributed by atoms with Gasteiger partial charge in [-0.15, -0.1) is 10.2 Å². The zero-order valence-corrected chi connectivity index (χ0v) is 15.9. The van der Waals surface area contributed by atoms with Crippen LogP contribution in [0.4, 0.5) is 0 Å². The molecule has 2 N–H and O–H groups in total. The highest BCUT2D eigenvalue weighted by atomic mass is 32.2. The van der Waals surface area contributed by atoms with Gasteiger partial charge in [0.1, 0.15) is 5.75 Å². The molecule has 0 aliphatic rings. The molecule has 0 aliphatic carbocycles. The molecule has 8 nitrogen and oxygen atoms in total. The van der Waals surface area contributed by atoms with E-state index < -0.39 is 11.8 Å². The van der Waals surface area contributed by atoms with Crippen molar-refractivity contribution in [1.29, 1.82) is 0 Å². The number of ether oxygens (including phenoxy) is 1. The third kappa shape index (κ3) is 5.85. The molecule has 2 amide bonds. The maximum atomic E-state index is 11.8. The Balaban J connectivity index is 1.40. The highest BCUT2D eigenvalue weighted by Gasteiger charge is 2.11. The van der Waals surface area contributed by atoms with E-state index in [9.17, 15) is 9.59 Å². The zero-order chi connectivity index (χ0) is 19.8. The van der Waals surface area contributed by atoms with Crippen LogP contribution in [-0.4, -0.2) is 27.8 Å². The highest BCUT2D eigenvalue weighted by molar-refractivity contribution is 7.99. The molecule has 0 atom stereocenters. The van der Waals surface area contributed by atoms with Gasteiger partial charge in [0.2, 0.25) is 5.91 Å². The maximum absolute atomic E-state index is 11.8. The molecule has 0 bridgehead atoms. The first-order chi connectivity index (χ1) is 13.6. The van der Waals surface area contributed by atoms with Crippen molar-refractivity contribution in [2.45, 2.75) is 18.8 Å². The zero-order valence-electron chi connectivity index (χ0n) is 15.0. The molecule has 3 aromatic rings. The SMILES string of the molecule is Cc1cccc(OCc2nnc(SCC(=O)NNC(=O)c3ccccc3)o2)c1. The fourth-order valence-electron chi connectivity index (χ4n) is 2.16. The van der Waals surface area contributed by atoms with E-state index in [1.165, 1.54) is 0 Å². The topological polar surface area (TPSA) is 106 Å². The molecule has 28 heavy (non-hydrogen) atoms. The van der Waals surface area contributed by atoms with E-state index in [0.29, 0.717) is 17.2 Å². The molecule has 1 heterocycles. The lowest BCUT2D eigenvalue weighted by atomic mass is 10.2. The van der Waals surface area contributed by atoms with Gasteiger partial charge in [-0.05, 0) is 36.8 Å². The molecule has 0 radical (unpaired) electrons. The van der Waals surface area contributed by atoms with E-state index >= 15 is 0 Å². The van der Waals surface area contributed by atoms with E-state index in [1.54, 1.807) is 30.3 Å². The quantitative estimate of drug-likeness (QED) is 0.465. The van der Waals surface area contributed by atoms with Crippen LogP contribution in [0.25, 0.3) is 0 Å². The summed E-state index contributed by atoms with van der Waals surface area (Å²) in [6.07, 6.45) is 0. The molecule has 144 valence electrons. The van der Waals surface area contributed by atoms with E-state index in [2.05, 4.69) is 21.0 Å². The van der Waals surface area contributed by atoms with Crippen LogP contribution in [0.5, 0.6) is 5.75 Å². The van der Waals surface area contributed by atoms with Crippen LogP contribution < -0.4 is 15.6 Å². The molecule has 0 saturated heterocycles. The number of aryl methyl sites for hydroxylation is 1. The van der Waals surface area contributed by atoms with Gasteiger partial charge in [-0.3, -0.25) is 20.4 Å². The van der Waals surface area contributed by atoms with Crippen molar-refractivity contribution in [3.63, 3.8) is 0 Å². The summed E-state index contributed by atoms with van der Waals surface area (Å²) in [6.45, 7) is 2.11. The number of hydrazine groups is 1. The van der Waals surface area contributed by atoms with Crippen molar-refractivity contribution in [3.05, 3.63) is 71.6 Å². The van der Waals surface area contributed by atoms with Gasteiger partial charge >= 0.3 is 0 Å². The minimum absolute atomic E-state index is 0.00937. The number of carbonyl (C=O) groups is 2. The van der Waals surface area contributed by atoms with Crippen molar-refractivity contribution < 1.29 is 18.7 Å². The van der Waals surface area contributed by atoms with Crippen molar-refractivity contribution in [1.82, 2.24) is 21.0 Å². The van der Waals surface area contributed by atoms with Gasteiger partial charge in [0.25, 0.3) is 17.0 Å². The van der Waals surface area contributed by atoms with Crippen molar-refractivity contribution in [2.24, 2.45) is 0 Å². The number of rotatable bonds is 7. The second kappa shape index (κ2) is 9.56. The van der Waals surface area contributed by atoms with Crippen LogP contribution in [0.3, 0.4) is 0 Å². The Morgan fingerprint density at radius 1 is 1.07 bits per heavy atom. The van der Waals surface area contributed by atoms with Gasteiger partial charge in [0.05, 0.1) is 5.75 Å². The molecule has 0 spiro atoms. The molecule has 0 aliphatic heterocycles. The van der Waals surface area contributed by atoms with Crippen LogP contribution >= 0.6 is 11.8 Å². The first kappa shape index (κ1) is 19.4. The van der Waals surface area contributed by atoms with Crippen molar-refractivity contribution in [3.8, 4) is 5.75 Å². The lowest BCUT2D eigenvalue weighted by Crippen LogP contribution is -2.42. The molecule has 0 saturated carbocycles. The van der Waals surface area contributed by atoms with Gasteiger partial charge in [-0.1, -0.05) is 42.1 Å². The number of hydrogen-bond donors (Lipinski definition) is 2. The van der Waals surface area contributed by atoms with Crippen LogP contribution in [0.15, 0.2) is 64.2 Å². The van der Waals surface area contributed by atoms with Gasteiger partial charge < -0.3 is 9.15 Å². The molecular weight excluding hydrogens is 380 g/mol. The number of hydrogen-bond acceptors (Lipinski definition) is 7. The first-order valence-corrected chi connectivity index (χ1v) is 9.37. The van der Waals surface area contributed by atoms with Crippen LogP contribution in [-0.2, 0) is 11.4 Å². The Labute approximate surface area is 165 Å². The minimum Gasteiger partial charge on any atom is -0.484 e. The lowest BCUT2D eigenvalue weighted by Gasteiger charge is -2.06. The van der Waals surface area contributed by atoms with E-state index in [-0.39, 0.29) is 17.6 Å².